The van der Waals surface area contributed by atoms with E-state index >= 15 is 0 Å². The van der Waals surface area contributed by atoms with Gasteiger partial charge < -0.3 is 5.32 Å². The van der Waals surface area contributed by atoms with E-state index in [1.165, 1.54) is 0 Å². The Morgan fingerprint density at radius 1 is 1.35 bits per heavy atom. The van der Waals surface area contributed by atoms with Crippen LogP contribution in [0.2, 0.25) is 0 Å². The zero-order chi connectivity index (χ0) is 13.9. The summed E-state index contributed by atoms with van der Waals surface area (Å²) >= 11 is 0. The highest BCUT2D eigenvalue weighted by Crippen LogP contribution is 2.22. The van der Waals surface area contributed by atoms with E-state index in [0.29, 0.717) is 6.54 Å². The predicted molar refractivity (Wildman–Crippen MR) is 78.5 cm³/mol. The van der Waals surface area contributed by atoms with Gasteiger partial charge in [-0.3, -0.25) is 9.78 Å². The highest BCUT2D eigenvalue weighted by atomic mass is 15.3. The summed E-state index contributed by atoms with van der Waals surface area (Å²) in [6.45, 7) is 5.76. The third-order valence-electron chi connectivity index (χ3n) is 3.23. The van der Waals surface area contributed by atoms with Crippen LogP contribution in [0.4, 0.5) is 5.82 Å². The molecule has 6 heteroatoms. The summed E-state index contributed by atoms with van der Waals surface area (Å²) < 4.78 is 1.97. The molecule has 0 aromatic carbocycles. The monoisotopic (exact) mass is 270 g/mol. The summed E-state index contributed by atoms with van der Waals surface area (Å²) in [7, 11) is 0. The van der Waals surface area contributed by atoms with Gasteiger partial charge in [-0.05, 0) is 25.5 Å². The van der Waals surface area contributed by atoms with Gasteiger partial charge in [-0.15, -0.1) is 0 Å². The van der Waals surface area contributed by atoms with Crippen molar-refractivity contribution in [2.75, 3.05) is 5.32 Å². The number of fused-ring (bicyclic) bond motifs is 1. The van der Waals surface area contributed by atoms with Gasteiger partial charge in [0, 0.05) is 24.6 Å². The van der Waals surface area contributed by atoms with Crippen molar-refractivity contribution in [3.05, 3.63) is 35.9 Å². The van der Waals surface area contributed by atoms with Crippen molar-refractivity contribution in [3.8, 4) is 0 Å². The Bertz CT molecular complexity index is 711. The number of aromatic amines is 1. The summed E-state index contributed by atoms with van der Waals surface area (Å²) in [5.74, 6) is 0.846. The van der Waals surface area contributed by atoms with Crippen molar-refractivity contribution in [2.45, 2.75) is 33.4 Å². The summed E-state index contributed by atoms with van der Waals surface area (Å²) in [5, 5.41) is 16.1. The van der Waals surface area contributed by atoms with Crippen LogP contribution in [0.5, 0.6) is 0 Å². The maximum atomic E-state index is 4.51. The van der Waals surface area contributed by atoms with Crippen molar-refractivity contribution < 1.29 is 0 Å². The molecular formula is C14H18N6. The number of H-pyrrole nitrogens is 1. The van der Waals surface area contributed by atoms with E-state index in [1.807, 2.05) is 29.9 Å². The number of nitrogens with one attached hydrogen (secondary N) is 2. The first kappa shape index (κ1) is 12.7. The molecule has 3 aromatic rings. The van der Waals surface area contributed by atoms with E-state index in [4.69, 9.17) is 0 Å². The zero-order valence-electron chi connectivity index (χ0n) is 11.7. The molecular weight excluding hydrogens is 252 g/mol. The number of aromatic nitrogens is 5. The first-order valence-corrected chi connectivity index (χ1v) is 6.84. The molecule has 104 valence electrons. The molecule has 0 aliphatic rings. The van der Waals surface area contributed by atoms with Crippen LogP contribution in [0.15, 0.2) is 24.5 Å². The summed E-state index contributed by atoms with van der Waals surface area (Å²) in [6, 6.07) is 3.94. The summed E-state index contributed by atoms with van der Waals surface area (Å²) in [5.41, 5.74) is 2.96. The fraction of sp³-hybridized carbons (Fsp3) is 0.357. The van der Waals surface area contributed by atoms with E-state index < -0.39 is 0 Å². The Morgan fingerprint density at radius 2 is 2.25 bits per heavy atom. The molecule has 0 atom stereocenters. The fourth-order valence-corrected chi connectivity index (χ4v) is 2.27. The average molecular weight is 270 g/mol. The number of anilines is 1. The van der Waals surface area contributed by atoms with Gasteiger partial charge in [-0.25, -0.2) is 4.98 Å². The second-order valence-corrected chi connectivity index (χ2v) is 4.83. The third kappa shape index (κ3) is 2.36. The molecule has 3 rings (SSSR count). The standard InChI is InChI=1S/C14H18N6/c1-3-7-20-8-5-11(19-20)9-16-14-13-10(2)17-18-12(13)4-6-15-14/h4-6,8H,3,7,9H2,1-2H3,(H,15,16)(H,17,18). The van der Waals surface area contributed by atoms with Gasteiger partial charge in [0.15, 0.2) is 0 Å². The molecule has 0 unspecified atom stereocenters. The Balaban J connectivity index is 1.77. The van der Waals surface area contributed by atoms with Gasteiger partial charge in [0.05, 0.1) is 23.1 Å². The molecule has 0 bridgehead atoms. The number of hydrogen-bond acceptors (Lipinski definition) is 4. The molecule has 0 aliphatic carbocycles. The van der Waals surface area contributed by atoms with E-state index in [2.05, 4.69) is 32.5 Å². The second kappa shape index (κ2) is 5.32. The molecule has 0 amide bonds. The van der Waals surface area contributed by atoms with Gasteiger partial charge >= 0.3 is 0 Å². The van der Waals surface area contributed by atoms with Gasteiger partial charge in [-0.1, -0.05) is 6.92 Å². The zero-order valence-corrected chi connectivity index (χ0v) is 11.7. The van der Waals surface area contributed by atoms with E-state index in [9.17, 15) is 0 Å². The van der Waals surface area contributed by atoms with E-state index in [1.54, 1.807) is 6.20 Å². The molecule has 20 heavy (non-hydrogen) atoms. The number of pyridine rings is 1. The molecule has 0 saturated heterocycles. The normalized spacial score (nSPS) is 11.1. The topological polar surface area (TPSA) is 71.4 Å². The van der Waals surface area contributed by atoms with Crippen LogP contribution in [0.25, 0.3) is 10.9 Å². The Morgan fingerprint density at radius 3 is 3.10 bits per heavy atom. The minimum absolute atomic E-state index is 0.660. The molecule has 2 N–H and O–H groups in total. The lowest BCUT2D eigenvalue weighted by Gasteiger charge is -2.05. The van der Waals surface area contributed by atoms with Crippen LogP contribution < -0.4 is 5.32 Å². The molecule has 0 saturated carbocycles. The first-order valence-electron chi connectivity index (χ1n) is 6.84. The fourth-order valence-electron chi connectivity index (χ4n) is 2.27. The smallest absolute Gasteiger partial charge is 0.137 e. The third-order valence-corrected chi connectivity index (χ3v) is 3.23. The molecule has 6 nitrogen and oxygen atoms in total. The second-order valence-electron chi connectivity index (χ2n) is 4.83. The van der Waals surface area contributed by atoms with Crippen LogP contribution >= 0.6 is 0 Å². The van der Waals surface area contributed by atoms with Gasteiger partial charge in [-0.2, -0.15) is 10.2 Å². The van der Waals surface area contributed by atoms with Crippen LogP contribution in [0.1, 0.15) is 24.7 Å². The Kier molecular flexibility index (Phi) is 3.37. The predicted octanol–water partition coefficient (Wildman–Crippen LogP) is 2.48. The lowest BCUT2D eigenvalue weighted by Crippen LogP contribution is -2.04. The van der Waals surface area contributed by atoms with Crippen molar-refractivity contribution in [1.29, 1.82) is 0 Å². The highest BCUT2D eigenvalue weighted by molar-refractivity contribution is 5.91. The maximum Gasteiger partial charge on any atom is 0.137 e. The molecule has 0 fully saturated rings. The minimum atomic E-state index is 0.660. The van der Waals surface area contributed by atoms with Crippen LogP contribution in [-0.4, -0.2) is 25.0 Å². The first-order chi connectivity index (χ1) is 9.78. The van der Waals surface area contributed by atoms with Crippen molar-refractivity contribution in [1.82, 2.24) is 25.0 Å². The van der Waals surface area contributed by atoms with Crippen LogP contribution in [-0.2, 0) is 13.1 Å². The number of hydrogen-bond donors (Lipinski definition) is 2. The highest BCUT2D eigenvalue weighted by Gasteiger charge is 2.08. The van der Waals surface area contributed by atoms with E-state index in [-0.39, 0.29) is 0 Å². The molecule has 0 aliphatic heterocycles. The lowest BCUT2D eigenvalue weighted by molar-refractivity contribution is 0.595. The van der Waals surface area contributed by atoms with Crippen molar-refractivity contribution >= 4 is 16.7 Å². The van der Waals surface area contributed by atoms with Gasteiger partial charge in [0.2, 0.25) is 0 Å². The van der Waals surface area contributed by atoms with Crippen molar-refractivity contribution in [2.24, 2.45) is 0 Å². The van der Waals surface area contributed by atoms with Gasteiger partial charge in [0.25, 0.3) is 0 Å². The minimum Gasteiger partial charge on any atom is -0.364 e. The SMILES string of the molecule is CCCn1ccc(CNc2nccc3n[nH]c(C)c23)n1. The van der Waals surface area contributed by atoms with E-state index in [0.717, 1.165) is 41.1 Å². The summed E-state index contributed by atoms with van der Waals surface area (Å²) in [4.78, 5) is 4.39. The molecule has 0 radical (unpaired) electrons. The van der Waals surface area contributed by atoms with Crippen LogP contribution in [0, 0.1) is 6.92 Å². The lowest BCUT2D eigenvalue weighted by atomic mass is 10.2. The number of rotatable bonds is 5. The molecule has 3 aromatic heterocycles. The Hall–Kier alpha value is -2.37. The van der Waals surface area contributed by atoms with Gasteiger partial charge in [0.1, 0.15) is 5.82 Å². The molecule has 0 spiro atoms. The summed E-state index contributed by atoms with van der Waals surface area (Å²) in [6.07, 6.45) is 4.86. The molecule has 3 heterocycles. The quantitative estimate of drug-likeness (QED) is 0.747. The van der Waals surface area contributed by atoms with Crippen molar-refractivity contribution in [3.63, 3.8) is 0 Å². The average Bonchev–Trinajstić information content (AvgIpc) is 3.05. The number of aryl methyl sites for hydroxylation is 2. The number of nitrogens with zero attached hydrogens (tertiary/aromatic N) is 4. The largest absolute Gasteiger partial charge is 0.364 e. The maximum absolute atomic E-state index is 4.51. The van der Waals surface area contributed by atoms with Crippen LogP contribution in [0.3, 0.4) is 0 Å². The Labute approximate surface area is 117 Å².